The van der Waals surface area contributed by atoms with Crippen LogP contribution in [0, 0.1) is 6.92 Å². The number of aryl methyl sites for hydroxylation is 1. The zero-order valence-electron chi connectivity index (χ0n) is 22.2. The molecule has 0 aliphatic rings. The highest BCUT2D eigenvalue weighted by Crippen LogP contribution is 2.24. The third-order valence-corrected chi connectivity index (χ3v) is 5.89. The number of nitrogens with one attached hydrogen (secondary N) is 2. The van der Waals surface area contributed by atoms with Crippen molar-refractivity contribution in [2.24, 2.45) is 0 Å². The molecule has 7 nitrogen and oxygen atoms in total. The fourth-order valence-corrected chi connectivity index (χ4v) is 3.98. The Hall–Kier alpha value is -2.48. The molecule has 3 amide bonds. The molecular formula is C27H43N3O4S. The van der Waals surface area contributed by atoms with Gasteiger partial charge in [0, 0.05) is 13.1 Å². The van der Waals surface area contributed by atoms with E-state index in [0.717, 1.165) is 24.8 Å². The lowest BCUT2D eigenvalue weighted by atomic mass is 10.0. The Balaban J connectivity index is 3.30. The molecule has 0 aromatic heterocycles. The van der Waals surface area contributed by atoms with Gasteiger partial charge in [-0.1, -0.05) is 55.7 Å². The van der Waals surface area contributed by atoms with E-state index in [0.29, 0.717) is 24.3 Å². The maximum atomic E-state index is 13.8. The number of hydrogen-bond donors (Lipinski definition) is 2. The first-order chi connectivity index (χ1) is 16.5. The lowest BCUT2D eigenvalue weighted by Crippen LogP contribution is -2.53. The van der Waals surface area contributed by atoms with Crippen molar-refractivity contribution >= 4 is 29.7 Å². The van der Waals surface area contributed by atoms with Gasteiger partial charge in [0.25, 0.3) is 0 Å². The molecule has 8 heteroatoms. The van der Waals surface area contributed by atoms with Gasteiger partial charge in [0.1, 0.15) is 17.7 Å². The number of carbonyl (C=O) groups excluding carboxylic acids is 3. The summed E-state index contributed by atoms with van der Waals surface area (Å²) in [5, 5.41) is 5.72. The Morgan fingerprint density at radius 1 is 1.17 bits per heavy atom. The molecule has 0 saturated carbocycles. The lowest BCUT2D eigenvalue weighted by molar-refractivity contribution is -0.141. The first-order valence-electron chi connectivity index (χ1n) is 12.3. The van der Waals surface area contributed by atoms with Crippen LogP contribution in [0.1, 0.15) is 70.5 Å². The number of rotatable bonds is 14. The molecule has 0 heterocycles. The highest BCUT2D eigenvalue weighted by Gasteiger charge is 2.35. The molecule has 2 N–H and O–H groups in total. The number of thioether (sulfide) groups is 1. The standard InChI is InChI=1S/C27H43N3O4S/c1-8-10-11-17-28-24(31)23(21-14-12-20(3)13-15-21)30(18-9-2)25(32)22(16-19-35-7)29-26(33)34-27(4,5)6/h9,12-15,22-23H,2,8,10-11,16-19H2,1,3-7H3,(H,28,31)(H,29,33). The number of unbranched alkanes of at least 4 members (excludes halogenated alkanes) is 2. The second-order valence-electron chi connectivity index (χ2n) is 9.57. The van der Waals surface area contributed by atoms with Crippen molar-refractivity contribution in [2.75, 3.05) is 25.1 Å². The van der Waals surface area contributed by atoms with Crippen LogP contribution in [0.5, 0.6) is 0 Å². The maximum absolute atomic E-state index is 13.8. The van der Waals surface area contributed by atoms with Gasteiger partial charge in [-0.3, -0.25) is 9.59 Å². The van der Waals surface area contributed by atoms with Crippen LogP contribution in [-0.4, -0.2) is 59.5 Å². The Labute approximate surface area is 215 Å². The zero-order chi connectivity index (χ0) is 26.4. The van der Waals surface area contributed by atoms with Crippen LogP contribution in [0.3, 0.4) is 0 Å². The topological polar surface area (TPSA) is 87.7 Å². The van der Waals surface area contributed by atoms with E-state index in [9.17, 15) is 14.4 Å². The van der Waals surface area contributed by atoms with Gasteiger partial charge in [0.15, 0.2) is 0 Å². The molecule has 0 fully saturated rings. The Morgan fingerprint density at radius 2 is 1.83 bits per heavy atom. The number of hydrogen-bond acceptors (Lipinski definition) is 5. The van der Waals surface area contributed by atoms with Crippen LogP contribution in [-0.2, 0) is 14.3 Å². The highest BCUT2D eigenvalue weighted by molar-refractivity contribution is 7.98. The second-order valence-corrected chi connectivity index (χ2v) is 10.6. The number of nitrogens with zero attached hydrogens (tertiary/aromatic N) is 1. The molecule has 0 aliphatic heterocycles. The number of amides is 3. The van der Waals surface area contributed by atoms with E-state index in [1.165, 1.54) is 4.90 Å². The van der Waals surface area contributed by atoms with Gasteiger partial charge in [-0.15, -0.1) is 6.58 Å². The third-order valence-electron chi connectivity index (χ3n) is 5.24. The largest absolute Gasteiger partial charge is 0.444 e. The van der Waals surface area contributed by atoms with Crippen molar-refractivity contribution in [3.8, 4) is 0 Å². The van der Waals surface area contributed by atoms with Crippen molar-refractivity contribution in [3.63, 3.8) is 0 Å². The van der Waals surface area contributed by atoms with Crippen LogP contribution in [0.4, 0.5) is 4.79 Å². The molecule has 35 heavy (non-hydrogen) atoms. The van der Waals surface area contributed by atoms with Crippen molar-refractivity contribution < 1.29 is 19.1 Å². The minimum atomic E-state index is -0.847. The van der Waals surface area contributed by atoms with Crippen LogP contribution < -0.4 is 10.6 Å². The van der Waals surface area contributed by atoms with Gasteiger partial charge >= 0.3 is 6.09 Å². The summed E-state index contributed by atoms with van der Waals surface area (Å²) in [5.74, 6) is 0.0622. The van der Waals surface area contributed by atoms with E-state index in [4.69, 9.17) is 4.74 Å². The molecular weight excluding hydrogens is 462 g/mol. The molecule has 0 aliphatic carbocycles. The summed E-state index contributed by atoms with van der Waals surface area (Å²) in [5.41, 5.74) is 1.07. The van der Waals surface area contributed by atoms with Gasteiger partial charge in [-0.25, -0.2) is 4.79 Å². The summed E-state index contributed by atoms with van der Waals surface area (Å²) in [7, 11) is 0. The van der Waals surface area contributed by atoms with Gasteiger partial charge in [-0.05, 0) is 58.1 Å². The van der Waals surface area contributed by atoms with E-state index in [1.807, 2.05) is 37.4 Å². The fraction of sp³-hybridized carbons (Fsp3) is 0.593. The third kappa shape index (κ3) is 11.2. The summed E-state index contributed by atoms with van der Waals surface area (Å²) >= 11 is 1.58. The molecule has 0 radical (unpaired) electrons. The molecule has 2 unspecified atom stereocenters. The number of benzene rings is 1. The molecule has 1 aromatic carbocycles. The predicted octanol–water partition coefficient (Wildman–Crippen LogP) is 5.00. The van der Waals surface area contributed by atoms with E-state index < -0.39 is 23.8 Å². The molecule has 1 rings (SSSR count). The van der Waals surface area contributed by atoms with Crippen LogP contribution in [0.25, 0.3) is 0 Å². The first kappa shape index (κ1) is 30.6. The first-order valence-corrected chi connectivity index (χ1v) is 13.7. The number of carbonyl (C=O) groups is 3. The second kappa shape index (κ2) is 15.5. The van der Waals surface area contributed by atoms with E-state index >= 15 is 0 Å². The van der Waals surface area contributed by atoms with Crippen LogP contribution >= 0.6 is 11.8 Å². The smallest absolute Gasteiger partial charge is 0.408 e. The summed E-state index contributed by atoms with van der Waals surface area (Å²) in [4.78, 5) is 41.2. The summed E-state index contributed by atoms with van der Waals surface area (Å²) in [6.45, 7) is 13.9. The molecule has 0 bridgehead atoms. The highest BCUT2D eigenvalue weighted by atomic mass is 32.2. The SMILES string of the molecule is C=CCN(C(=O)C(CCSC)NC(=O)OC(C)(C)C)C(C(=O)NCCCCC)c1ccc(C)cc1. The van der Waals surface area contributed by atoms with E-state index in [1.54, 1.807) is 38.6 Å². The number of ether oxygens (including phenoxy) is 1. The van der Waals surface area contributed by atoms with Crippen LogP contribution in [0.15, 0.2) is 36.9 Å². The molecule has 2 atom stereocenters. The van der Waals surface area contributed by atoms with Gasteiger partial charge in [0.2, 0.25) is 11.8 Å². The van der Waals surface area contributed by atoms with Crippen molar-refractivity contribution in [1.82, 2.24) is 15.5 Å². The molecule has 1 aromatic rings. The normalized spacial score (nSPS) is 12.9. The molecule has 196 valence electrons. The lowest BCUT2D eigenvalue weighted by Gasteiger charge is -2.34. The summed E-state index contributed by atoms with van der Waals surface area (Å²) in [6, 6.07) is 5.90. The average molecular weight is 506 g/mol. The van der Waals surface area contributed by atoms with E-state index in [-0.39, 0.29) is 18.4 Å². The van der Waals surface area contributed by atoms with Crippen molar-refractivity contribution in [3.05, 3.63) is 48.0 Å². The maximum Gasteiger partial charge on any atom is 0.408 e. The number of alkyl carbamates (subject to hydrolysis) is 1. The Morgan fingerprint density at radius 3 is 2.37 bits per heavy atom. The van der Waals surface area contributed by atoms with Gasteiger partial charge in [-0.2, -0.15) is 11.8 Å². The predicted molar refractivity (Wildman–Crippen MR) is 145 cm³/mol. The van der Waals surface area contributed by atoms with Gasteiger partial charge < -0.3 is 20.3 Å². The average Bonchev–Trinajstić information content (AvgIpc) is 2.78. The Bertz CT molecular complexity index is 821. The molecule has 0 spiro atoms. The van der Waals surface area contributed by atoms with Crippen molar-refractivity contribution in [1.29, 1.82) is 0 Å². The minimum Gasteiger partial charge on any atom is -0.444 e. The monoisotopic (exact) mass is 505 g/mol. The summed E-state index contributed by atoms with van der Waals surface area (Å²) in [6.07, 6.45) is 6.22. The quantitative estimate of drug-likeness (QED) is 0.274. The minimum absolute atomic E-state index is 0.158. The van der Waals surface area contributed by atoms with Crippen LogP contribution in [0.2, 0.25) is 0 Å². The van der Waals surface area contributed by atoms with Gasteiger partial charge in [0.05, 0.1) is 0 Å². The van der Waals surface area contributed by atoms with Crippen molar-refractivity contribution in [2.45, 2.75) is 78.0 Å². The van der Waals surface area contributed by atoms with E-state index in [2.05, 4.69) is 24.1 Å². The summed E-state index contributed by atoms with van der Waals surface area (Å²) < 4.78 is 5.39. The zero-order valence-corrected chi connectivity index (χ0v) is 23.0. The fourth-order valence-electron chi connectivity index (χ4n) is 3.51. The Kier molecular flexibility index (Phi) is 13.5. The molecule has 0 saturated heterocycles.